The number of rotatable bonds is 5. The number of aromatic nitrogens is 2. The largest absolute Gasteiger partial charge is 0.324 e. The molecule has 0 bridgehead atoms. The molecule has 0 radical (unpaired) electrons. The van der Waals surface area contributed by atoms with Gasteiger partial charge in [0.25, 0.3) is 0 Å². The summed E-state index contributed by atoms with van der Waals surface area (Å²) in [4.78, 5) is 15.1. The summed E-state index contributed by atoms with van der Waals surface area (Å²) < 4.78 is 1.79. The molecular weight excluding hydrogens is 300 g/mol. The standard InChI is InChI=1S/C19H26N4O/c1-14-12-15(2)23(21-14)16(3)19(24)20-18-9-5-4-8-17(18)13-22-10-6-7-11-22/h4-5,8-9,12,16H,6-7,10-11,13H2,1-3H3,(H,20,24). The lowest BCUT2D eigenvalue weighted by molar-refractivity contribution is -0.119. The summed E-state index contributed by atoms with van der Waals surface area (Å²) >= 11 is 0. The molecule has 1 N–H and O–H groups in total. The normalized spacial score (nSPS) is 16.3. The molecule has 5 heteroatoms. The monoisotopic (exact) mass is 326 g/mol. The molecular formula is C19H26N4O. The highest BCUT2D eigenvalue weighted by Crippen LogP contribution is 2.21. The van der Waals surface area contributed by atoms with Crippen LogP contribution < -0.4 is 5.32 Å². The highest BCUT2D eigenvalue weighted by atomic mass is 16.2. The Morgan fingerprint density at radius 2 is 1.96 bits per heavy atom. The highest BCUT2D eigenvalue weighted by molar-refractivity contribution is 5.94. The van der Waals surface area contributed by atoms with E-state index in [1.807, 2.05) is 45.0 Å². The zero-order valence-electron chi connectivity index (χ0n) is 14.7. The molecule has 1 aromatic carbocycles. The molecule has 1 saturated heterocycles. The second-order valence-electron chi connectivity index (χ2n) is 6.68. The first-order valence-corrected chi connectivity index (χ1v) is 8.68. The molecule has 1 aliphatic rings. The Balaban J connectivity index is 1.73. The minimum absolute atomic E-state index is 0.0323. The average Bonchev–Trinajstić information content (AvgIpc) is 3.18. The van der Waals surface area contributed by atoms with E-state index < -0.39 is 0 Å². The van der Waals surface area contributed by atoms with Gasteiger partial charge in [0.05, 0.1) is 5.69 Å². The van der Waals surface area contributed by atoms with Crippen molar-refractivity contribution in [1.29, 1.82) is 0 Å². The van der Waals surface area contributed by atoms with Crippen molar-refractivity contribution in [3.05, 3.63) is 47.3 Å². The summed E-state index contributed by atoms with van der Waals surface area (Å²) in [6, 6.07) is 9.74. The number of likely N-dealkylation sites (tertiary alicyclic amines) is 1. The zero-order valence-corrected chi connectivity index (χ0v) is 14.7. The summed E-state index contributed by atoms with van der Waals surface area (Å²) in [6.45, 7) is 8.99. The van der Waals surface area contributed by atoms with Crippen molar-refractivity contribution in [3.63, 3.8) is 0 Å². The van der Waals surface area contributed by atoms with Gasteiger partial charge in [0.1, 0.15) is 6.04 Å². The predicted molar refractivity (Wildman–Crippen MR) is 96.0 cm³/mol. The molecule has 0 aliphatic carbocycles. The fourth-order valence-electron chi connectivity index (χ4n) is 3.35. The van der Waals surface area contributed by atoms with Crippen LogP contribution in [0, 0.1) is 13.8 Å². The summed E-state index contributed by atoms with van der Waals surface area (Å²) in [5.74, 6) is -0.0323. The molecule has 5 nitrogen and oxygen atoms in total. The van der Waals surface area contributed by atoms with Gasteiger partial charge in [-0.25, -0.2) is 0 Å². The third-order valence-electron chi connectivity index (χ3n) is 4.66. The van der Waals surface area contributed by atoms with Crippen molar-refractivity contribution >= 4 is 11.6 Å². The number of carbonyl (C=O) groups excluding carboxylic acids is 1. The number of anilines is 1. The molecule has 1 atom stereocenters. The Bertz CT molecular complexity index is 716. The number of hydrogen-bond acceptors (Lipinski definition) is 3. The maximum atomic E-state index is 12.7. The van der Waals surface area contributed by atoms with Crippen molar-refractivity contribution in [3.8, 4) is 0 Å². The molecule has 24 heavy (non-hydrogen) atoms. The molecule has 1 unspecified atom stereocenters. The van der Waals surface area contributed by atoms with Gasteiger partial charge in [0.2, 0.25) is 5.91 Å². The van der Waals surface area contributed by atoms with E-state index in [2.05, 4.69) is 21.4 Å². The Morgan fingerprint density at radius 3 is 2.62 bits per heavy atom. The van der Waals surface area contributed by atoms with Gasteiger partial charge in [-0.3, -0.25) is 14.4 Å². The van der Waals surface area contributed by atoms with Crippen LogP contribution in [0.15, 0.2) is 30.3 Å². The second kappa shape index (κ2) is 7.18. The number of aryl methyl sites for hydroxylation is 2. The van der Waals surface area contributed by atoms with Gasteiger partial charge in [-0.15, -0.1) is 0 Å². The molecule has 2 aromatic rings. The van der Waals surface area contributed by atoms with Crippen molar-refractivity contribution in [2.75, 3.05) is 18.4 Å². The summed E-state index contributed by atoms with van der Waals surface area (Å²) in [5, 5.41) is 7.52. The fourth-order valence-corrected chi connectivity index (χ4v) is 3.35. The van der Waals surface area contributed by atoms with Crippen LogP contribution in [0.1, 0.15) is 42.8 Å². The number of para-hydroxylation sites is 1. The second-order valence-corrected chi connectivity index (χ2v) is 6.68. The van der Waals surface area contributed by atoms with Gasteiger partial charge in [0, 0.05) is 17.9 Å². The maximum absolute atomic E-state index is 12.7. The van der Waals surface area contributed by atoms with Gasteiger partial charge in [-0.05, 0) is 64.4 Å². The Labute approximate surface area is 143 Å². The Kier molecular flexibility index (Phi) is 5.00. The number of nitrogens with zero attached hydrogens (tertiary/aromatic N) is 3. The van der Waals surface area contributed by atoms with Crippen LogP contribution in [0.5, 0.6) is 0 Å². The third-order valence-corrected chi connectivity index (χ3v) is 4.66. The predicted octanol–water partition coefficient (Wildman–Crippen LogP) is 3.30. The van der Waals surface area contributed by atoms with E-state index in [-0.39, 0.29) is 11.9 Å². The zero-order chi connectivity index (χ0) is 17.1. The van der Waals surface area contributed by atoms with Gasteiger partial charge in [-0.2, -0.15) is 5.10 Å². The minimum Gasteiger partial charge on any atom is -0.324 e. The third kappa shape index (κ3) is 3.67. The first kappa shape index (κ1) is 16.7. The average molecular weight is 326 g/mol. The lowest BCUT2D eigenvalue weighted by Crippen LogP contribution is -2.26. The number of carbonyl (C=O) groups is 1. The molecule has 2 heterocycles. The van der Waals surface area contributed by atoms with Crippen LogP contribution in [0.25, 0.3) is 0 Å². The molecule has 0 saturated carbocycles. The van der Waals surface area contributed by atoms with Gasteiger partial charge < -0.3 is 5.32 Å². The number of benzene rings is 1. The number of amides is 1. The fraction of sp³-hybridized carbons (Fsp3) is 0.474. The van der Waals surface area contributed by atoms with E-state index in [4.69, 9.17) is 0 Å². The van der Waals surface area contributed by atoms with E-state index in [1.54, 1.807) is 4.68 Å². The quantitative estimate of drug-likeness (QED) is 0.917. The van der Waals surface area contributed by atoms with Gasteiger partial charge >= 0.3 is 0 Å². The molecule has 1 aromatic heterocycles. The minimum atomic E-state index is -0.335. The molecule has 1 amide bonds. The first-order chi connectivity index (χ1) is 11.5. The van der Waals surface area contributed by atoms with Crippen LogP contribution in [0.4, 0.5) is 5.69 Å². The highest BCUT2D eigenvalue weighted by Gasteiger charge is 2.20. The van der Waals surface area contributed by atoms with E-state index in [0.717, 1.165) is 36.7 Å². The first-order valence-electron chi connectivity index (χ1n) is 8.68. The summed E-state index contributed by atoms with van der Waals surface area (Å²) in [7, 11) is 0. The molecule has 1 aliphatic heterocycles. The van der Waals surface area contributed by atoms with Crippen LogP contribution in [-0.4, -0.2) is 33.7 Å². The molecule has 1 fully saturated rings. The van der Waals surface area contributed by atoms with Crippen molar-refractivity contribution in [1.82, 2.24) is 14.7 Å². The lowest BCUT2D eigenvalue weighted by Gasteiger charge is -2.19. The maximum Gasteiger partial charge on any atom is 0.248 e. The molecule has 0 spiro atoms. The molecule has 3 rings (SSSR count). The Hall–Kier alpha value is -2.14. The number of nitrogens with one attached hydrogen (secondary N) is 1. The van der Waals surface area contributed by atoms with Crippen LogP contribution in [0.3, 0.4) is 0 Å². The van der Waals surface area contributed by atoms with Crippen LogP contribution in [0.2, 0.25) is 0 Å². The smallest absolute Gasteiger partial charge is 0.248 e. The van der Waals surface area contributed by atoms with Gasteiger partial charge in [0.15, 0.2) is 0 Å². The van der Waals surface area contributed by atoms with Crippen molar-refractivity contribution in [2.24, 2.45) is 0 Å². The van der Waals surface area contributed by atoms with E-state index >= 15 is 0 Å². The summed E-state index contributed by atoms with van der Waals surface area (Å²) in [5.41, 5.74) is 4.01. The van der Waals surface area contributed by atoms with E-state index in [1.165, 1.54) is 18.4 Å². The van der Waals surface area contributed by atoms with Crippen LogP contribution >= 0.6 is 0 Å². The lowest BCUT2D eigenvalue weighted by atomic mass is 10.1. The summed E-state index contributed by atoms with van der Waals surface area (Å²) in [6.07, 6.45) is 2.53. The van der Waals surface area contributed by atoms with Crippen molar-refractivity contribution < 1.29 is 4.79 Å². The van der Waals surface area contributed by atoms with E-state index in [9.17, 15) is 4.79 Å². The van der Waals surface area contributed by atoms with E-state index in [0.29, 0.717) is 0 Å². The topological polar surface area (TPSA) is 50.2 Å². The number of hydrogen-bond donors (Lipinski definition) is 1. The van der Waals surface area contributed by atoms with Crippen molar-refractivity contribution in [2.45, 2.75) is 46.2 Å². The van der Waals surface area contributed by atoms with Gasteiger partial charge in [-0.1, -0.05) is 18.2 Å². The van der Waals surface area contributed by atoms with Crippen LogP contribution in [-0.2, 0) is 11.3 Å². The Morgan fingerprint density at radius 1 is 1.25 bits per heavy atom. The molecule has 128 valence electrons. The SMILES string of the molecule is Cc1cc(C)n(C(C)C(=O)Nc2ccccc2CN2CCCC2)n1.